The van der Waals surface area contributed by atoms with Crippen LogP contribution in [0.4, 0.5) is 13.2 Å². The number of carbonyl (C=O) groups excluding carboxylic acids is 1. The van der Waals surface area contributed by atoms with Gasteiger partial charge in [0.25, 0.3) is 0 Å². The van der Waals surface area contributed by atoms with Crippen LogP contribution in [0.1, 0.15) is 26.0 Å². The summed E-state index contributed by atoms with van der Waals surface area (Å²) >= 11 is 5.81. The minimum Gasteiger partial charge on any atom is -0.479 e. The highest BCUT2D eigenvalue weighted by Crippen LogP contribution is 2.38. The van der Waals surface area contributed by atoms with Crippen molar-refractivity contribution in [1.29, 1.82) is 0 Å². The summed E-state index contributed by atoms with van der Waals surface area (Å²) in [6, 6.07) is 9.25. The van der Waals surface area contributed by atoms with E-state index < -0.39 is 35.0 Å². The summed E-state index contributed by atoms with van der Waals surface area (Å²) < 4.78 is 56.8. The van der Waals surface area contributed by atoms with Crippen molar-refractivity contribution in [2.75, 3.05) is 6.61 Å². The second-order valence-corrected chi connectivity index (χ2v) is 7.00. The molecule has 2 aromatic carbocycles. The number of benzene rings is 2. The Bertz CT molecular complexity index is 1150. The number of fused-ring (bicyclic) bond motifs is 1. The maximum atomic E-state index is 13.7. The minimum atomic E-state index is -4.92. The second-order valence-electron chi connectivity index (χ2n) is 6.56. The zero-order valence-electron chi connectivity index (χ0n) is 16.6. The van der Waals surface area contributed by atoms with Gasteiger partial charge in [-0.05, 0) is 43.2 Å². The van der Waals surface area contributed by atoms with E-state index in [0.717, 1.165) is 6.07 Å². The molecule has 0 spiro atoms. The molecule has 0 saturated heterocycles. The van der Waals surface area contributed by atoms with Crippen LogP contribution in [0, 0.1) is 0 Å². The molecule has 1 aromatic heterocycles. The summed E-state index contributed by atoms with van der Waals surface area (Å²) in [6.45, 7) is 3.50. The van der Waals surface area contributed by atoms with E-state index in [0.29, 0.717) is 5.02 Å². The second kappa shape index (κ2) is 9.01. The molecule has 1 heterocycles. The average molecular weight is 455 g/mol. The molecule has 0 aliphatic heterocycles. The number of esters is 1. The number of alkyl halides is 3. The van der Waals surface area contributed by atoms with Crippen LogP contribution in [-0.4, -0.2) is 18.7 Å². The highest BCUT2D eigenvalue weighted by atomic mass is 35.5. The number of rotatable bonds is 6. The molecular weight excluding hydrogens is 437 g/mol. The van der Waals surface area contributed by atoms with Gasteiger partial charge in [0, 0.05) is 11.1 Å². The topological polar surface area (TPSA) is 65.7 Å². The normalized spacial score (nSPS) is 12.6. The Morgan fingerprint density at radius 1 is 1.13 bits per heavy atom. The van der Waals surface area contributed by atoms with E-state index >= 15 is 0 Å². The van der Waals surface area contributed by atoms with Gasteiger partial charge in [-0.15, -0.1) is 0 Å². The lowest BCUT2D eigenvalue weighted by Gasteiger charge is -2.17. The number of hydrogen-bond donors (Lipinski definition) is 0. The standard InChI is InChI=1S/C22H18ClF3O5/c1-3-16(21(28)29-4-2)30-14-9-10-15-17(11-14)31-20(22(24,25)26)18(19(15)27)12-5-7-13(23)8-6-12/h5-11,16H,3-4H2,1-2H3/t16-/m0/s1. The van der Waals surface area contributed by atoms with Gasteiger partial charge < -0.3 is 13.9 Å². The summed E-state index contributed by atoms with van der Waals surface area (Å²) in [7, 11) is 0. The van der Waals surface area contributed by atoms with Crippen molar-refractivity contribution in [3.63, 3.8) is 0 Å². The third-order valence-corrected chi connectivity index (χ3v) is 4.70. The molecule has 31 heavy (non-hydrogen) atoms. The molecule has 0 fully saturated rings. The van der Waals surface area contributed by atoms with Crippen LogP contribution in [0.5, 0.6) is 5.75 Å². The maximum Gasteiger partial charge on any atom is 0.450 e. The molecule has 5 nitrogen and oxygen atoms in total. The first kappa shape index (κ1) is 22.7. The molecule has 3 rings (SSSR count). The Morgan fingerprint density at radius 2 is 1.81 bits per heavy atom. The number of hydrogen-bond acceptors (Lipinski definition) is 5. The summed E-state index contributed by atoms with van der Waals surface area (Å²) in [5, 5.41) is 0.255. The number of halogens is 4. The van der Waals surface area contributed by atoms with E-state index in [9.17, 15) is 22.8 Å². The van der Waals surface area contributed by atoms with Crippen LogP contribution in [0.3, 0.4) is 0 Å². The van der Waals surface area contributed by atoms with Crippen LogP contribution in [-0.2, 0) is 15.7 Å². The lowest BCUT2D eigenvalue weighted by atomic mass is 10.0. The first-order valence-electron chi connectivity index (χ1n) is 9.43. The van der Waals surface area contributed by atoms with Crippen molar-refractivity contribution in [2.24, 2.45) is 0 Å². The minimum absolute atomic E-state index is 0.0288. The monoisotopic (exact) mass is 454 g/mol. The van der Waals surface area contributed by atoms with E-state index in [4.69, 9.17) is 25.5 Å². The zero-order chi connectivity index (χ0) is 22.8. The van der Waals surface area contributed by atoms with Crippen LogP contribution in [0.15, 0.2) is 51.7 Å². The maximum absolute atomic E-state index is 13.7. The molecule has 0 saturated carbocycles. The van der Waals surface area contributed by atoms with Gasteiger partial charge >= 0.3 is 12.1 Å². The van der Waals surface area contributed by atoms with Crippen molar-refractivity contribution in [3.8, 4) is 16.9 Å². The summed E-state index contributed by atoms with van der Waals surface area (Å²) in [5.41, 5.74) is -1.74. The third kappa shape index (κ3) is 4.85. The highest BCUT2D eigenvalue weighted by molar-refractivity contribution is 6.30. The lowest BCUT2D eigenvalue weighted by Crippen LogP contribution is -2.28. The SMILES string of the molecule is CCOC(=O)[C@H](CC)Oc1ccc2c(=O)c(-c3ccc(Cl)cc3)c(C(F)(F)F)oc2c1. The van der Waals surface area contributed by atoms with Gasteiger partial charge in [0.15, 0.2) is 6.10 Å². The fourth-order valence-corrected chi connectivity index (χ4v) is 3.15. The molecular formula is C22H18ClF3O5. The average Bonchev–Trinajstić information content (AvgIpc) is 2.72. The van der Waals surface area contributed by atoms with Gasteiger partial charge in [0.05, 0.1) is 17.6 Å². The third-order valence-electron chi connectivity index (χ3n) is 4.45. The Hall–Kier alpha value is -3.00. The van der Waals surface area contributed by atoms with Crippen molar-refractivity contribution in [2.45, 2.75) is 32.5 Å². The van der Waals surface area contributed by atoms with E-state index in [2.05, 4.69) is 0 Å². The smallest absolute Gasteiger partial charge is 0.450 e. The van der Waals surface area contributed by atoms with Gasteiger partial charge in [-0.2, -0.15) is 13.2 Å². The molecule has 1 atom stereocenters. The largest absolute Gasteiger partial charge is 0.479 e. The summed E-state index contributed by atoms with van der Waals surface area (Å²) in [5.74, 6) is -1.95. The van der Waals surface area contributed by atoms with Gasteiger partial charge in [-0.25, -0.2) is 4.79 Å². The van der Waals surface area contributed by atoms with Crippen LogP contribution >= 0.6 is 11.6 Å². The Morgan fingerprint density at radius 3 is 2.39 bits per heavy atom. The van der Waals surface area contributed by atoms with Crippen LogP contribution in [0.2, 0.25) is 5.02 Å². The van der Waals surface area contributed by atoms with Gasteiger partial charge in [-0.1, -0.05) is 30.7 Å². The van der Waals surface area contributed by atoms with Gasteiger partial charge in [0.1, 0.15) is 11.3 Å². The van der Waals surface area contributed by atoms with Crippen LogP contribution in [0.25, 0.3) is 22.1 Å². The van der Waals surface area contributed by atoms with Gasteiger partial charge in [0.2, 0.25) is 11.2 Å². The Kier molecular flexibility index (Phi) is 6.59. The number of carbonyl (C=O) groups is 1. The van der Waals surface area contributed by atoms with E-state index in [1.807, 2.05) is 0 Å². The molecule has 0 radical (unpaired) electrons. The molecule has 3 aromatic rings. The molecule has 0 N–H and O–H groups in total. The fraction of sp³-hybridized carbons (Fsp3) is 0.273. The number of ether oxygens (including phenoxy) is 2. The van der Waals surface area contributed by atoms with Crippen LogP contribution < -0.4 is 10.2 Å². The predicted octanol–water partition coefficient (Wildman–Crippen LogP) is 5.85. The Balaban J connectivity index is 2.14. The summed E-state index contributed by atoms with van der Waals surface area (Å²) in [6.07, 6.45) is -5.58. The molecule has 0 bridgehead atoms. The molecule has 0 amide bonds. The summed E-state index contributed by atoms with van der Waals surface area (Å²) in [4.78, 5) is 24.9. The molecule has 0 aliphatic rings. The first-order valence-corrected chi connectivity index (χ1v) is 9.80. The molecule has 9 heteroatoms. The van der Waals surface area contributed by atoms with Gasteiger partial charge in [-0.3, -0.25) is 4.79 Å². The van der Waals surface area contributed by atoms with Crippen molar-refractivity contribution >= 4 is 28.5 Å². The molecule has 164 valence electrons. The fourth-order valence-electron chi connectivity index (χ4n) is 3.02. The first-order chi connectivity index (χ1) is 14.7. The Labute approximate surface area is 180 Å². The van der Waals surface area contributed by atoms with Crippen molar-refractivity contribution in [1.82, 2.24) is 0 Å². The predicted molar refractivity (Wildman–Crippen MR) is 109 cm³/mol. The van der Waals surface area contributed by atoms with E-state index in [1.54, 1.807) is 13.8 Å². The quantitative estimate of drug-likeness (QED) is 0.437. The van der Waals surface area contributed by atoms with E-state index in [-0.39, 0.29) is 35.3 Å². The zero-order valence-corrected chi connectivity index (χ0v) is 17.3. The van der Waals surface area contributed by atoms with Crippen molar-refractivity contribution < 1.29 is 31.9 Å². The highest BCUT2D eigenvalue weighted by Gasteiger charge is 2.39. The van der Waals surface area contributed by atoms with Crippen molar-refractivity contribution in [3.05, 3.63) is 63.5 Å². The van der Waals surface area contributed by atoms with E-state index in [1.165, 1.54) is 36.4 Å². The lowest BCUT2D eigenvalue weighted by molar-refractivity contribution is -0.152. The molecule has 0 unspecified atom stereocenters. The molecule has 0 aliphatic carbocycles.